The Morgan fingerprint density at radius 3 is 2.78 bits per heavy atom. The number of imidazole rings is 1. The number of nitrogens with zero attached hydrogens (tertiary/aromatic N) is 2. The lowest BCUT2D eigenvalue weighted by Gasteiger charge is -2.21. The molecule has 1 aromatic heterocycles. The van der Waals surface area contributed by atoms with E-state index in [2.05, 4.69) is 32.5 Å². The van der Waals surface area contributed by atoms with Gasteiger partial charge in [0.25, 0.3) is 0 Å². The van der Waals surface area contributed by atoms with Gasteiger partial charge in [0, 0.05) is 26.6 Å². The van der Waals surface area contributed by atoms with Gasteiger partial charge < -0.3 is 20.4 Å². The van der Waals surface area contributed by atoms with Gasteiger partial charge in [-0.05, 0) is 32.9 Å². The normalized spacial score (nSPS) is 12.6. The molecule has 0 aliphatic carbocycles. The molecular weight excluding hydrogens is 290 g/mol. The molecular formula is C17H27N5O. The Bertz CT molecular complexity index is 614. The Kier molecular flexibility index (Phi) is 5.98. The summed E-state index contributed by atoms with van der Waals surface area (Å²) in [6, 6.07) is 8.06. The van der Waals surface area contributed by atoms with E-state index in [1.807, 2.05) is 38.1 Å². The minimum atomic E-state index is -0.263. The fourth-order valence-corrected chi connectivity index (χ4v) is 2.10. The molecule has 2 aromatic rings. The highest BCUT2D eigenvalue weighted by molar-refractivity contribution is 5.79. The van der Waals surface area contributed by atoms with Crippen LogP contribution in [0, 0.1) is 0 Å². The van der Waals surface area contributed by atoms with Crippen LogP contribution >= 0.6 is 0 Å². The lowest BCUT2D eigenvalue weighted by Crippen LogP contribution is -2.40. The number of H-pyrrole nitrogens is 1. The van der Waals surface area contributed by atoms with Crippen molar-refractivity contribution < 1.29 is 4.74 Å². The van der Waals surface area contributed by atoms with Gasteiger partial charge in [-0.1, -0.05) is 12.1 Å². The Morgan fingerprint density at radius 2 is 2.09 bits per heavy atom. The standard InChI is InChI=1S/C17H27N5O/c1-5-18-16(20-12-17(2,3)23-4)19-11-10-15-21-13-8-6-7-9-14(13)22-15/h6-9H,5,10-12H2,1-4H3,(H,21,22)(H2,18,19,20). The molecule has 1 heterocycles. The number of guanidine groups is 1. The summed E-state index contributed by atoms with van der Waals surface area (Å²) in [6.45, 7) is 8.28. The van der Waals surface area contributed by atoms with Crippen LogP contribution in [0.15, 0.2) is 29.3 Å². The molecule has 1 aromatic carbocycles. The van der Waals surface area contributed by atoms with Gasteiger partial charge in [-0.3, -0.25) is 4.99 Å². The number of methoxy groups -OCH3 is 1. The maximum absolute atomic E-state index is 5.40. The zero-order chi connectivity index (χ0) is 16.7. The first-order valence-electron chi connectivity index (χ1n) is 8.05. The van der Waals surface area contributed by atoms with E-state index in [1.165, 1.54) is 0 Å². The monoisotopic (exact) mass is 317 g/mol. The summed E-state index contributed by atoms with van der Waals surface area (Å²) in [4.78, 5) is 12.5. The molecule has 0 atom stereocenters. The molecule has 3 N–H and O–H groups in total. The summed E-state index contributed by atoms with van der Waals surface area (Å²) in [5.41, 5.74) is 1.82. The molecule has 6 heteroatoms. The molecule has 0 unspecified atom stereocenters. The fraction of sp³-hybridized carbons (Fsp3) is 0.529. The third-order valence-electron chi connectivity index (χ3n) is 3.61. The van der Waals surface area contributed by atoms with Crippen LogP contribution in [-0.2, 0) is 11.2 Å². The predicted molar refractivity (Wildman–Crippen MR) is 94.9 cm³/mol. The molecule has 126 valence electrons. The van der Waals surface area contributed by atoms with Crippen LogP contribution in [0.3, 0.4) is 0 Å². The molecule has 0 saturated carbocycles. The minimum Gasteiger partial charge on any atom is -0.377 e. The van der Waals surface area contributed by atoms with E-state index in [-0.39, 0.29) is 5.60 Å². The summed E-state index contributed by atoms with van der Waals surface area (Å²) in [6.07, 6.45) is 0.812. The first-order valence-corrected chi connectivity index (χ1v) is 8.05. The number of nitrogens with one attached hydrogen (secondary N) is 3. The largest absolute Gasteiger partial charge is 0.377 e. The van der Waals surface area contributed by atoms with Gasteiger partial charge in [0.05, 0.1) is 23.2 Å². The second-order valence-corrected chi connectivity index (χ2v) is 6.04. The van der Waals surface area contributed by atoms with E-state index in [0.29, 0.717) is 6.54 Å². The number of rotatable bonds is 7. The fourth-order valence-electron chi connectivity index (χ4n) is 2.10. The third kappa shape index (κ3) is 5.25. The Labute approximate surface area is 137 Å². The van der Waals surface area contributed by atoms with Gasteiger partial charge in [-0.25, -0.2) is 4.98 Å². The van der Waals surface area contributed by atoms with Crippen LogP contribution < -0.4 is 10.6 Å². The number of aromatic nitrogens is 2. The van der Waals surface area contributed by atoms with Gasteiger partial charge in [-0.2, -0.15) is 0 Å². The van der Waals surface area contributed by atoms with Gasteiger partial charge in [0.1, 0.15) is 5.82 Å². The summed E-state index contributed by atoms with van der Waals surface area (Å²) in [5, 5.41) is 6.58. The number of hydrogen-bond donors (Lipinski definition) is 3. The van der Waals surface area contributed by atoms with Crippen molar-refractivity contribution in [1.29, 1.82) is 0 Å². The third-order valence-corrected chi connectivity index (χ3v) is 3.61. The molecule has 0 bridgehead atoms. The average Bonchev–Trinajstić information content (AvgIpc) is 2.95. The van der Waals surface area contributed by atoms with E-state index >= 15 is 0 Å². The quantitative estimate of drug-likeness (QED) is 0.540. The molecule has 0 aliphatic heterocycles. The van der Waals surface area contributed by atoms with Crippen molar-refractivity contribution in [3.05, 3.63) is 30.1 Å². The number of hydrogen-bond acceptors (Lipinski definition) is 3. The highest BCUT2D eigenvalue weighted by Crippen LogP contribution is 2.10. The number of aliphatic imine (C=N–C) groups is 1. The van der Waals surface area contributed by atoms with Gasteiger partial charge >= 0.3 is 0 Å². The van der Waals surface area contributed by atoms with Crippen LogP contribution in [-0.4, -0.2) is 48.3 Å². The maximum Gasteiger partial charge on any atom is 0.191 e. The minimum absolute atomic E-state index is 0.263. The van der Waals surface area contributed by atoms with E-state index in [4.69, 9.17) is 4.74 Å². The van der Waals surface area contributed by atoms with Crippen LogP contribution in [0.2, 0.25) is 0 Å². The van der Waals surface area contributed by atoms with Gasteiger partial charge in [0.2, 0.25) is 0 Å². The molecule has 0 fully saturated rings. The zero-order valence-electron chi connectivity index (χ0n) is 14.4. The van der Waals surface area contributed by atoms with Crippen LogP contribution in [0.25, 0.3) is 11.0 Å². The SMILES string of the molecule is CCNC(=NCC(C)(C)OC)NCCc1nc2ccccc2[nH]1. The van der Waals surface area contributed by atoms with E-state index < -0.39 is 0 Å². The van der Waals surface area contributed by atoms with Crippen LogP contribution in [0.5, 0.6) is 0 Å². The Balaban J connectivity index is 1.89. The molecule has 6 nitrogen and oxygen atoms in total. The first kappa shape index (κ1) is 17.3. The zero-order valence-corrected chi connectivity index (χ0v) is 14.4. The summed E-state index contributed by atoms with van der Waals surface area (Å²) >= 11 is 0. The summed E-state index contributed by atoms with van der Waals surface area (Å²) in [7, 11) is 1.71. The average molecular weight is 317 g/mol. The van der Waals surface area contributed by atoms with Crippen molar-refractivity contribution in [3.63, 3.8) is 0 Å². The van der Waals surface area contributed by atoms with Crippen molar-refractivity contribution in [2.45, 2.75) is 32.8 Å². The molecule has 0 amide bonds. The first-order chi connectivity index (χ1) is 11.0. The highest BCUT2D eigenvalue weighted by atomic mass is 16.5. The topological polar surface area (TPSA) is 74.3 Å². The number of para-hydroxylation sites is 2. The van der Waals surface area contributed by atoms with Crippen molar-refractivity contribution in [2.75, 3.05) is 26.7 Å². The van der Waals surface area contributed by atoms with Crippen molar-refractivity contribution in [2.24, 2.45) is 4.99 Å². The molecule has 23 heavy (non-hydrogen) atoms. The second-order valence-electron chi connectivity index (χ2n) is 6.04. The van der Waals surface area contributed by atoms with Crippen molar-refractivity contribution in [1.82, 2.24) is 20.6 Å². The van der Waals surface area contributed by atoms with Crippen molar-refractivity contribution in [3.8, 4) is 0 Å². The maximum atomic E-state index is 5.40. The lowest BCUT2D eigenvalue weighted by molar-refractivity contribution is 0.0310. The van der Waals surface area contributed by atoms with E-state index in [1.54, 1.807) is 7.11 Å². The number of benzene rings is 1. The smallest absolute Gasteiger partial charge is 0.191 e. The molecule has 0 spiro atoms. The van der Waals surface area contributed by atoms with Gasteiger partial charge in [-0.15, -0.1) is 0 Å². The molecule has 0 radical (unpaired) electrons. The Morgan fingerprint density at radius 1 is 1.30 bits per heavy atom. The Hall–Kier alpha value is -2.08. The predicted octanol–water partition coefficient (Wildman–Crippen LogP) is 2.09. The molecule has 0 saturated heterocycles. The van der Waals surface area contributed by atoms with Crippen molar-refractivity contribution >= 4 is 17.0 Å². The van der Waals surface area contributed by atoms with Gasteiger partial charge in [0.15, 0.2) is 5.96 Å². The number of fused-ring (bicyclic) bond motifs is 1. The molecule has 2 rings (SSSR count). The lowest BCUT2D eigenvalue weighted by atomic mass is 10.1. The highest BCUT2D eigenvalue weighted by Gasteiger charge is 2.15. The van der Waals surface area contributed by atoms with E-state index in [9.17, 15) is 0 Å². The van der Waals surface area contributed by atoms with Crippen LogP contribution in [0.1, 0.15) is 26.6 Å². The summed E-state index contributed by atoms with van der Waals surface area (Å²) in [5.74, 6) is 1.78. The van der Waals surface area contributed by atoms with Crippen LogP contribution in [0.4, 0.5) is 0 Å². The summed E-state index contributed by atoms with van der Waals surface area (Å²) < 4.78 is 5.40. The second kappa shape index (κ2) is 7.97. The number of ether oxygens (including phenoxy) is 1. The molecule has 0 aliphatic rings. The number of aromatic amines is 1. The van der Waals surface area contributed by atoms with E-state index in [0.717, 1.165) is 42.3 Å².